The van der Waals surface area contributed by atoms with Gasteiger partial charge >= 0.3 is 0 Å². The molecule has 11 heavy (non-hydrogen) atoms. The molecular formula is C9H22N2. The predicted molar refractivity (Wildman–Crippen MR) is 50.4 cm³/mol. The fourth-order valence-corrected chi connectivity index (χ4v) is 0.874. The number of hydrogen-bond donors (Lipinski definition) is 2. The summed E-state index contributed by atoms with van der Waals surface area (Å²) >= 11 is 0. The quantitative estimate of drug-likeness (QED) is 0.457. The van der Waals surface area contributed by atoms with Crippen molar-refractivity contribution in [2.45, 2.75) is 52.1 Å². The minimum atomic E-state index is -0.159. The lowest BCUT2D eigenvalue weighted by atomic mass is 10.1. The molecule has 0 radical (unpaired) electrons. The zero-order chi connectivity index (χ0) is 8.74. The van der Waals surface area contributed by atoms with E-state index in [1.165, 1.54) is 19.3 Å². The first kappa shape index (κ1) is 10.9. The van der Waals surface area contributed by atoms with Gasteiger partial charge in [-0.2, -0.15) is 0 Å². The van der Waals surface area contributed by atoms with Gasteiger partial charge in [-0.05, 0) is 26.3 Å². The SMILES string of the molecule is CCCCCNC(C)(N)CC. The van der Waals surface area contributed by atoms with Crippen molar-refractivity contribution in [3.8, 4) is 0 Å². The summed E-state index contributed by atoms with van der Waals surface area (Å²) in [6, 6.07) is 0. The van der Waals surface area contributed by atoms with Crippen LogP contribution in [0.5, 0.6) is 0 Å². The maximum Gasteiger partial charge on any atom is 0.0630 e. The molecule has 2 nitrogen and oxygen atoms in total. The predicted octanol–water partition coefficient (Wildman–Crippen LogP) is 1.85. The molecule has 0 rings (SSSR count). The normalized spacial score (nSPS) is 16.4. The standard InChI is InChI=1S/C9H22N2/c1-4-6-7-8-11-9(3,10)5-2/h11H,4-8,10H2,1-3H3. The van der Waals surface area contributed by atoms with Gasteiger partial charge in [-0.3, -0.25) is 5.32 Å². The van der Waals surface area contributed by atoms with E-state index in [-0.39, 0.29) is 5.66 Å². The number of nitrogens with two attached hydrogens (primary N) is 1. The molecule has 0 bridgehead atoms. The van der Waals surface area contributed by atoms with E-state index >= 15 is 0 Å². The van der Waals surface area contributed by atoms with E-state index in [0.29, 0.717) is 0 Å². The van der Waals surface area contributed by atoms with Gasteiger partial charge in [-0.1, -0.05) is 26.7 Å². The Balaban J connectivity index is 3.23. The Labute approximate surface area is 70.5 Å². The van der Waals surface area contributed by atoms with Gasteiger partial charge in [0, 0.05) is 0 Å². The number of hydrogen-bond acceptors (Lipinski definition) is 2. The summed E-state index contributed by atoms with van der Waals surface area (Å²) in [7, 11) is 0. The Kier molecular flexibility index (Phi) is 5.51. The van der Waals surface area contributed by atoms with Crippen LogP contribution < -0.4 is 11.1 Å². The smallest absolute Gasteiger partial charge is 0.0630 e. The van der Waals surface area contributed by atoms with Crippen molar-refractivity contribution in [3.05, 3.63) is 0 Å². The van der Waals surface area contributed by atoms with Crippen LogP contribution in [0.15, 0.2) is 0 Å². The van der Waals surface area contributed by atoms with Gasteiger partial charge in [0.2, 0.25) is 0 Å². The van der Waals surface area contributed by atoms with E-state index in [0.717, 1.165) is 13.0 Å². The summed E-state index contributed by atoms with van der Waals surface area (Å²) in [5, 5.41) is 3.32. The Morgan fingerprint density at radius 1 is 1.27 bits per heavy atom. The summed E-state index contributed by atoms with van der Waals surface area (Å²) in [6.45, 7) is 7.40. The van der Waals surface area contributed by atoms with Crippen molar-refractivity contribution in [1.82, 2.24) is 5.32 Å². The summed E-state index contributed by atoms with van der Waals surface area (Å²) < 4.78 is 0. The largest absolute Gasteiger partial charge is 0.314 e. The molecule has 0 aliphatic carbocycles. The van der Waals surface area contributed by atoms with Crippen LogP contribution >= 0.6 is 0 Å². The lowest BCUT2D eigenvalue weighted by molar-refractivity contribution is 0.352. The molecule has 0 aromatic carbocycles. The highest BCUT2D eigenvalue weighted by molar-refractivity contribution is 4.72. The average Bonchev–Trinajstić information content (AvgIpc) is 1.99. The molecule has 0 amide bonds. The molecule has 0 aliphatic rings. The van der Waals surface area contributed by atoms with Crippen LogP contribution in [0.4, 0.5) is 0 Å². The fourth-order valence-electron chi connectivity index (χ4n) is 0.874. The second-order valence-electron chi connectivity index (χ2n) is 3.40. The summed E-state index contributed by atoms with van der Waals surface area (Å²) in [5.41, 5.74) is 5.73. The highest BCUT2D eigenvalue weighted by Gasteiger charge is 2.12. The fraction of sp³-hybridized carbons (Fsp3) is 1.00. The van der Waals surface area contributed by atoms with Crippen LogP contribution in [-0.4, -0.2) is 12.2 Å². The van der Waals surface area contributed by atoms with Crippen molar-refractivity contribution in [1.29, 1.82) is 0 Å². The van der Waals surface area contributed by atoms with Crippen LogP contribution in [0.1, 0.15) is 46.5 Å². The molecule has 0 aromatic rings. The van der Waals surface area contributed by atoms with Gasteiger partial charge in [-0.25, -0.2) is 0 Å². The molecule has 3 N–H and O–H groups in total. The zero-order valence-corrected chi connectivity index (χ0v) is 8.11. The first-order valence-electron chi connectivity index (χ1n) is 4.66. The van der Waals surface area contributed by atoms with Crippen molar-refractivity contribution < 1.29 is 0 Å². The average molecular weight is 158 g/mol. The molecule has 68 valence electrons. The van der Waals surface area contributed by atoms with E-state index in [1.54, 1.807) is 0 Å². The number of nitrogens with one attached hydrogen (secondary N) is 1. The van der Waals surface area contributed by atoms with Crippen LogP contribution in [0.25, 0.3) is 0 Å². The van der Waals surface area contributed by atoms with Gasteiger partial charge in [0.25, 0.3) is 0 Å². The van der Waals surface area contributed by atoms with E-state index in [4.69, 9.17) is 5.73 Å². The maximum absolute atomic E-state index is 5.89. The molecule has 0 spiro atoms. The molecule has 0 fully saturated rings. The van der Waals surface area contributed by atoms with E-state index in [1.807, 2.05) is 6.92 Å². The van der Waals surface area contributed by atoms with E-state index < -0.39 is 0 Å². The number of unbranched alkanes of at least 4 members (excludes halogenated alkanes) is 2. The minimum absolute atomic E-state index is 0.159. The first-order chi connectivity index (χ1) is 5.12. The molecular weight excluding hydrogens is 136 g/mol. The van der Waals surface area contributed by atoms with Crippen molar-refractivity contribution in [3.63, 3.8) is 0 Å². The topological polar surface area (TPSA) is 38.0 Å². The third kappa shape index (κ3) is 6.32. The Bertz CT molecular complexity index is 89.6. The Morgan fingerprint density at radius 2 is 1.91 bits per heavy atom. The first-order valence-corrected chi connectivity index (χ1v) is 4.66. The van der Waals surface area contributed by atoms with Crippen molar-refractivity contribution in [2.24, 2.45) is 5.73 Å². The van der Waals surface area contributed by atoms with Gasteiger partial charge in [-0.15, -0.1) is 0 Å². The molecule has 1 unspecified atom stereocenters. The van der Waals surface area contributed by atoms with E-state index in [9.17, 15) is 0 Å². The third-order valence-electron chi connectivity index (χ3n) is 2.04. The highest BCUT2D eigenvalue weighted by Crippen LogP contribution is 2.00. The monoisotopic (exact) mass is 158 g/mol. The third-order valence-corrected chi connectivity index (χ3v) is 2.04. The molecule has 0 heterocycles. The molecule has 0 aromatic heterocycles. The molecule has 0 saturated carbocycles. The van der Waals surface area contributed by atoms with Crippen LogP contribution in [0.2, 0.25) is 0 Å². The van der Waals surface area contributed by atoms with Gasteiger partial charge in [0.1, 0.15) is 0 Å². The summed E-state index contributed by atoms with van der Waals surface area (Å²) in [6.07, 6.45) is 4.80. The van der Waals surface area contributed by atoms with Gasteiger partial charge in [0.15, 0.2) is 0 Å². The second kappa shape index (κ2) is 5.56. The van der Waals surface area contributed by atoms with Crippen LogP contribution in [-0.2, 0) is 0 Å². The van der Waals surface area contributed by atoms with Crippen molar-refractivity contribution in [2.75, 3.05) is 6.54 Å². The molecule has 0 aliphatic heterocycles. The van der Waals surface area contributed by atoms with Crippen molar-refractivity contribution >= 4 is 0 Å². The highest BCUT2D eigenvalue weighted by atomic mass is 15.1. The molecule has 0 saturated heterocycles. The summed E-state index contributed by atoms with van der Waals surface area (Å²) in [4.78, 5) is 0. The van der Waals surface area contributed by atoms with Gasteiger partial charge < -0.3 is 5.73 Å². The molecule has 1 atom stereocenters. The Morgan fingerprint density at radius 3 is 2.36 bits per heavy atom. The zero-order valence-electron chi connectivity index (χ0n) is 8.11. The lowest BCUT2D eigenvalue weighted by Crippen LogP contribution is -2.50. The second-order valence-corrected chi connectivity index (χ2v) is 3.40. The molecule has 2 heteroatoms. The summed E-state index contributed by atoms with van der Waals surface area (Å²) in [5.74, 6) is 0. The van der Waals surface area contributed by atoms with Gasteiger partial charge in [0.05, 0.1) is 5.66 Å². The lowest BCUT2D eigenvalue weighted by Gasteiger charge is -2.24. The maximum atomic E-state index is 5.89. The van der Waals surface area contributed by atoms with Crippen LogP contribution in [0, 0.1) is 0 Å². The number of rotatable bonds is 6. The van der Waals surface area contributed by atoms with Crippen LogP contribution in [0.3, 0.4) is 0 Å². The Hall–Kier alpha value is -0.0800. The minimum Gasteiger partial charge on any atom is -0.314 e. The van der Waals surface area contributed by atoms with E-state index in [2.05, 4.69) is 19.2 Å².